The molecule has 2 atom stereocenters. The lowest BCUT2D eigenvalue weighted by atomic mass is 10.0. The maximum atomic E-state index is 13.6. The van der Waals surface area contributed by atoms with Gasteiger partial charge in [-0.15, -0.1) is 0 Å². The molecule has 0 saturated heterocycles. The summed E-state index contributed by atoms with van der Waals surface area (Å²) < 4.78 is 5.90. The normalized spacial score (nSPS) is 12.5. The molecule has 5 nitrogen and oxygen atoms in total. The molecule has 0 radical (unpaired) electrons. The zero-order valence-electron chi connectivity index (χ0n) is 21.5. The van der Waals surface area contributed by atoms with E-state index in [1.807, 2.05) is 100 Å². The molecule has 6 heteroatoms. The van der Waals surface area contributed by atoms with Crippen LogP contribution < -0.4 is 10.1 Å². The van der Waals surface area contributed by atoms with E-state index in [4.69, 9.17) is 16.3 Å². The molecule has 0 aliphatic rings. The first-order valence-electron chi connectivity index (χ1n) is 12.4. The maximum Gasteiger partial charge on any atom is 0.261 e. The summed E-state index contributed by atoms with van der Waals surface area (Å²) in [6, 6.07) is 22.4. The van der Waals surface area contributed by atoms with Crippen molar-refractivity contribution in [3.63, 3.8) is 0 Å². The number of hydrogen-bond donors (Lipinski definition) is 1. The highest BCUT2D eigenvalue weighted by atomic mass is 35.5. The van der Waals surface area contributed by atoms with E-state index in [1.54, 1.807) is 4.90 Å². The van der Waals surface area contributed by atoms with Gasteiger partial charge < -0.3 is 15.0 Å². The van der Waals surface area contributed by atoms with Crippen LogP contribution in [-0.2, 0) is 22.6 Å². The number of hydrogen-bond acceptors (Lipinski definition) is 3. The molecule has 36 heavy (non-hydrogen) atoms. The molecule has 3 aromatic carbocycles. The molecule has 0 fully saturated rings. The summed E-state index contributed by atoms with van der Waals surface area (Å²) in [5, 5.41) is 3.76. The summed E-state index contributed by atoms with van der Waals surface area (Å²) in [4.78, 5) is 28.8. The monoisotopic (exact) mass is 506 g/mol. The summed E-state index contributed by atoms with van der Waals surface area (Å²) in [6.07, 6.45) is 1.20. The summed E-state index contributed by atoms with van der Waals surface area (Å²) in [5.74, 6) is 0.145. The van der Waals surface area contributed by atoms with Gasteiger partial charge in [0.05, 0.1) is 0 Å². The number of ether oxygens (including phenoxy) is 1. The highest BCUT2D eigenvalue weighted by Crippen LogP contribution is 2.26. The molecular weight excluding hydrogens is 472 g/mol. The van der Waals surface area contributed by atoms with Crippen molar-refractivity contribution in [1.29, 1.82) is 0 Å². The number of aryl methyl sites for hydroxylation is 2. The number of rotatable bonds is 11. The van der Waals surface area contributed by atoms with Crippen molar-refractivity contribution < 1.29 is 14.3 Å². The lowest BCUT2D eigenvalue weighted by molar-refractivity contribution is -0.143. The van der Waals surface area contributed by atoms with E-state index in [0.29, 0.717) is 23.7 Å². The lowest BCUT2D eigenvalue weighted by Gasteiger charge is -2.32. The molecule has 0 aromatic heterocycles. The van der Waals surface area contributed by atoms with Gasteiger partial charge in [0.25, 0.3) is 5.91 Å². The molecule has 0 aliphatic carbocycles. The minimum absolute atomic E-state index is 0.000665. The molecule has 0 saturated carbocycles. The van der Waals surface area contributed by atoms with E-state index >= 15 is 0 Å². The van der Waals surface area contributed by atoms with Gasteiger partial charge in [-0.25, -0.2) is 0 Å². The Morgan fingerprint density at radius 3 is 2.06 bits per heavy atom. The number of halogens is 1. The average molecular weight is 507 g/mol. The van der Waals surface area contributed by atoms with Crippen LogP contribution in [-0.4, -0.2) is 35.4 Å². The summed E-state index contributed by atoms with van der Waals surface area (Å²) >= 11 is 6.28. The lowest BCUT2D eigenvalue weighted by Crippen LogP contribution is -2.53. The van der Waals surface area contributed by atoms with Gasteiger partial charge in [-0.3, -0.25) is 9.59 Å². The van der Waals surface area contributed by atoms with Crippen LogP contribution in [0.4, 0.5) is 0 Å². The van der Waals surface area contributed by atoms with Gasteiger partial charge in [0.15, 0.2) is 6.61 Å². The van der Waals surface area contributed by atoms with Crippen LogP contribution in [0.2, 0.25) is 5.02 Å². The topological polar surface area (TPSA) is 58.6 Å². The standard InChI is InChI=1S/C30H35ClN2O3/c1-5-23(4)32-30(35)27(18-24-12-8-6-9-13-24)33(19-25-14-10-7-11-15-25)28(34)20-36-26-16-21(2)29(31)22(3)17-26/h6-17,23,27H,5,18-20H2,1-4H3,(H,32,35)/t23-,27+/m1/s1. The second kappa shape index (κ2) is 13.1. The van der Waals surface area contributed by atoms with Crippen LogP contribution in [0.3, 0.4) is 0 Å². The molecular formula is C30H35ClN2O3. The third-order valence-electron chi connectivity index (χ3n) is 6.24. The molecule has 0 bridgehead atoms. The summed E-state index contributed by atoms with van der Waals surface area (Å²) in [7, 11) is 0. The Balaban J connectivity index is 1.90. The van der Waals surface area contributed by atoms with E-state index < -0.39 is 6.04 Å². The Bertz CT molecular complexity index is 1130. The molecule has 3 aromatic rings. The average Bonchev–Trinajstić information content (AvgIpc) is 2.88. The SMILES string of the molecule is CC[C@@H](C)NC(=O)[C@H](Cc1ccccc1)N(Cc1ccccc1)C(=O)COc1cc(C)c(Cl)c(C)c1. The number of carbonyl (C=O) groups excluding carboxylic acids is 2. The number of amides is 2. The molecule has 2 amide bonds. The first-order chi connectivity index (χ1) is 17.3. The Hall–Kier alpha value is -3.31. The van der Waals surface area contributed by atoms with Crippen LogP contribution in [0.1, 0.15) is 42.5 Å². The molecule has 0 unspecified atom stereocenters. The number of nitrogens with zero attached hydrogens (tertiary/aromatic N) is 1. The number of nitrogens with one attached hydrogen (secondary N) is 1. The third kappa shape index (κ3) is 7.59. The number of benzene rings is 3. The Morgan fingerprint density at radius 1 is 0.944 bits per heavy atom. The zero-order valence-corrected chi connectivity index (χ0v) is 22.2. The largest absolute Gasteiger partial charge is 0.484 e. The van der Waals surface area contributed by atoms with Crippen molar-refractivity contribution in [2.45, 2.75) is 59.2 Å². The fourth-order valence-electron chi connectivity index (χ4n) is 3.99. The minimum Gasteiger partial charge on any atom is -0.484 e. The van der Waals surface area contributed by atoms with Gasteiger partial charge in [-0.2, -0.15) is 0 Å². The van der Waals surface area contributed by atoms with E-state index in [2.05, 4.69) is 5.32 Å². The van der Waals surface area contributed by atoms with Crippen LogP contribution >= 0.6 is 11.6 Å². The van der Waals surface area contributed by atoms with Crippen molar-refractivity contribution in [3.05, 3.63) is 100 Å². The van der Waals surface area contributed by atoms with Crippen molar-refractivity contribution in [3.8, 4) is 5.75 Å². The van der Waals surface area contributed by atoms with Crippen LogP contribution in [0.15, 0.2) is 72.8 Å². The maximum absolute atomic E-state index is 13.6. The van der Waals surface area contributed by atoms with Crippen LogP contribution in [0.25, 0.3) is 0 Å². The minimum atomic E-state index is -0.689. The van der Waals surface area contributed by atoms with Crippen molar-refractivity contribution in [2.75, 3.05) is 6.61 Å². The van der Waals surface area contributed by atoms with Crippen LogP contribution in [0, 0.1) is 13.8 Å². The Labute approximate surface area is 219 Å². The van der Waals surface area contributed by atoms with Gasteiger partial charge in [-0.05, 0) is 61.6 Å². The smallest absolute Gasteiger partial charge is 0.261 e. The highest BCUT2D eigenvalue weighted by Gasteiger charge is 2.31. The summed E-state index contributed by atoms with van der Waals surface area (Å²) in [5.41, 5.74) is 3.70. The van der Waals surface area contributed by atoms with E-state index in [9.17, 15) is 9.59 Å². The molecule has 1 N–H and O–H groups in total. The van der Waals surface area contributed by atoms with E-state index in [1.165, 1.54) is 0 Å². The molecule has 190 valence electrons. The first-order valence-corrected chi connectivity index (χ1v) is 12.7. The van der Waals surface area contributed by atoms with Gasteiger partial charge in [0.1, 0.15) is 11.8 Å². The first kappa shape index (κ1) is 27.3. The fourth-order valence-corrected chi connectivity index (χ4v) is 4.10. The molecule has 0 heterocycles. The molecule has 3 rings (SSSR count). The molecule has 0 aliphatic heterocycles. The van der Waals surface area contributed by atoms with E-state index in [0.717, 1.165) is 28.7 Å². The second-order valence-corrected chi connectivity index (χ2v) is 9.57. The Morgan fingerprint density at radius 2 is 1.50 bits per heavy atom. The van der Waals surface area contributed by atoms with Crippen molar-refractivity contribution in [2.24, 2.45) is 0 Å². The van der Waals surface area contributed by atoms with Gasteiger partial charge in [0.2, 0.25) is 5.91 Å². The van der Waals surface area contributed by atoms with Gasteiger partial charge in [-0.1, -0.05) is 79.2 Å². The predicted octanol–water partition coefficient (Wildman–Crippen LogP) is 5.89. The van der Waals surface area contributed by atoms with Crippen molar-refractivity contribution >= 4 is 23.4 Å². The Kier molecular flexibility index (Phi) is 9.95. The predicted molar refractivity (Wildman–Crippen MR) is 145 cm³/mol. The third-order valence-corrected chi connectivity index (χ3v) is 6.84. The second-order valence-electron chi connectivity index (χ2n) is 9.19. The summed E-state index contributed by atoms with van der Waals surface area (Å²) in [6.45, 7) is 7.91. The fraction of sp³-hybridized carbons (Fsp3) is 0.333. The quantitative estimate of drug-likeness (QED) is 0.352. The van der Waals surface area contributed by atoms with Gasteiger partial charge in [0, 0.05) is 24.0 Å². The van der Waals surface area contributed by atoms with Crippen molar-refractivity contribution in [1.82, 2.24) is 10.2 Å². The van der Waals surface area contributed by atoms with Gasteiger partial charge >= 0.3 is 0 Å². The van der Waals surface area contributed by atoms with Crippen LogP contribution in [0.5, 0.6) is 5.75 Å². The highest BCUT2D eigenvalue weighted by molar-refractivity contribution is 6.32. The number of carbonyl (C=O) groups is 2. The molecule has 0 spiro atoms. The van der Waals surface area contributed by atoms with E-state index in [-0.39, 0.29) is 24.5 Å². The zero-order chi connectivity index (χ0) is 26.1.